The van der Waals surface area contributed by atoms with E-state index in [9.17, 15) is 0 Å². The minimum absolute atomic E-state index is 0.757. The summed E-state index contributed by atoms with van der Waals surface area (Å²) in [4.78, 5) is 0. The Morgan fingerprint density at radius 1 is 0.900 bits per heavy atom. The van der Waals surface area contributed by atoms with Gasteiger partial charge >= 0.3 is 0 Å². The lowest BCUT2D eigenvalue weighted by Gasteiger charge is -2.15. The molecule has 1 rings (SSSR count). The van der Waals surface area contributed by atoms with Crippen molar-refractivity contribution in [3.05, 3.63) is 17.7 Å². The van der Waals surface area contributed by atoms with Crippen LogP contribution >= 0.6 is 0 Å². The van der Waals surface area contributed by atoms with Crippen molar-refractivity contribution in [3.63, 3.8) is 0 Å². The van der Waals surface area contributed by atoms with Crippen LogP contribution in [0.2, 0.25) is 0 Å². The molecule has 0 heterocycles. The number of hydrogen-bond donors (Lipinski definition) is 1. The molecule has 4 nitrogen and oxygen atoms in total. The first kappa shape index (κ1) is 16.6. The molecule has 0 aromatic heterocycles. The monoisotopic (exact) mass is 281 g/mol. The first-order valence-electron chi connectivity index (χ1n) is 7.26. The molecule has 0 amide bonds. The molecule has 1 N–H and O–H groups in total. The molecular weight excluding hydrogens is 254 g/mol. The van der Waals surface area contributed by atoms with Gasteiger partial charge in [-0.05, 0) is 38.8 Å². The third-order valence-electron chi connectivity index (χ3n) is 3.27. The first-order chi connectivity index (χ1) is 9.76. The number of rotatable bonds is 10. The van der Waals surface area contributed by atoms with E-state index >= 15 is 0 Å². The number of hydrogen-bond acceptors (Lipinski definition) is 4. The van der Waals surface area contributed by atoms with Gasteiger partial charge in [-0.15, -0.1) is 0 Å². The lowest BCUT2D eigenvalue weighted by atomic mass is 10.1. The zero-order valence-corrected chi connectivity index (χ0v) is 13.1. The first-order valence-corrected chi connectivity index (χ1v) is 7.26. The molecule has 0 saturated heterocycles. The smallest absolute Gasteiger partial charge is 0.129 e. The highest BCUT2D eigenvalue weighted by atomic mass is 16.5. The Morgan fingerprint density at radius 2 is 1.55 bits per heavy atom. The molecule has 0 spiro atoms. The van der Waals surface area contributed by atoms with Gasteiger partial charge in [-0.2, -0.15) is 0 Å². The van der Waals surface area contributed by atoms with E-state index < -0.39 is 0 Å². The van der Waals surface area contributed by atoms with Crippen LogP contribution in [0.1, 0.15) is 31.7 Å². The van der Waals surface area contributed by atoms with Gasteiger partial charge in [0.2, 0.25) is 0 Å². The van der Waals surface area contributed by atoms with Crippen molar-refractivity contribution in [2.24, 2.45) is 0 Å². The lowest BCUT2D eigenvalue weighted by molar-refractivity contribution is 0.368. The molecule has 1 aromatic rings. The topological polar surface area (TPSA) is 39.7 Å². The zero-order chi connectivity index (χ0) is 14.8. The van der Waals surface area contributed by atoms with Crippen LogP contribution < -0.4 is 19.5 Å². The Bertz CT molecular complexity index is 368. The van der Waals surface area contributed by atoms with Crippen LogP contribution in [0.25, 0.3) is 0 Å². The molecule has 0 unspecified atom stereocenters. The summed E-state index contributed by atoms with van der Waals surface area (Å²) in [6.45, 7) is 4.34. The molecule has 1 aromatic carbocycles. The maximum Gasteiger partial charge on any atom is 0.129 e. The van der Waals surface area contributed by atoms with E-state index in [-0.39, 0.29) is 0 Å². The Labute approximate surface area is 122 Å². The number of methoxy groups -OCH3 is 3. The van der Waals surface area contributed by atoms with Crippen molar-refractivity contribution in [1.29, 1.82) is 0 Å². The van der Waals surface area contributed by atoms with Gasteiger partial charge in [0.05, 0.1) is 21.3 Å². The fraction of sp³-hybridized carbons (Fsp3) is 0.625. The van der Waals surface area contributed by atoms with Crippen molar-refractivity contribution in [2.45, 2.75) is 32.6 Å². The Hall–Kier alpha value is -1.42. The second-order valence-electron chi connectivity index (χ2n) is 4.72. The van der Waals surface area contributed by atoms with Gasteiger partial charge < -0.3 is 19.5 Å². The molecule has 0 fully saturated rings. The average Bonchev–Trinajstić information content (AvgIpc) is 2.50. The summed E-state index contributed by atoms with van der Waals surface area (Å²) in [6.07, 6.45) is 4.39. The molecule has 0 aliphatic rings. The van der Waals surface area contributed by atoms with Crippen molar-refractivity contribution in [1.82, 2.24) is 5.32 Å². The predicted octanol–water partition coefficient (Wildman–Crippen LogP) is 3.03. The van der Waals surface area contributed by atoms with E-state index in [1.807, 2.05) is 12.1 Å². The van der Waals surface area contributed by atoms with Crippen LogP contribution in [-0.2, 0) is 6.42 Å². The summed E-state index contributed by atoms with van der Waals surface area (Å²) in [5.74, 6) is 2.43. The molecule has 0 atom stereocenters. The molecule has 0 aliphatic carbocycles. The van der Waals surface area contributed by atoms with Gasteiger partial charge in [-0.25, -0.2) is 0 Å². The van der Waals surface area contributed by atoms with Crippen LogP contribution in [0.15, 0.2) is 12.1 Å². The van der Waals surface area contributed by atoms with Crippen LogP contribution in [0.3, 0.4) is 0 Å². The maximum absolute atomic E-state index is 5.45. The Morgan fingerprint density at radius 3 is 2.05 bits per heavy atom. The second kappa shape index (κ2) is 9.48. The Balaban J connectivity index is 2.63. The molecule has 0 radical (unpaired) electrons. The number of benzene rings is 1. The van der Waals surface area contributed by atoms with Crippen molar-refractivity contribution >= 4 is 0 Å². The zero-order valence-electron chi connectivity index (χ0n) is 13.1. The highest BCUT2D eigenvalue weighted by Gasteiger charge is 2.12. The van der Waals surface area contributed by atoms with Gasteiger partial charge in [-0.3, -0.25) is 0 Å². The van der Waals surface area contributed by atoms with E-state index in [0.29, 0.717) is 0 Å². The minimum atomic E-state index is 0.757. The van der Waals surface area contributed by atoms with E-state index in [2.05, 4.69) is 12.2 Å². The van der Waals surface area contributed by atoms with Gasteiger partial charge in [0, 0.05) is 17.7 Å². The molecule has 20 heavy (non-hydrogen) atoms. The van der Waals surface area contributed by atoms with E-state index in [1.165, 1.54) is 6.42 Å². The van der Waals surface area contributed by atoms with Gasteiger partial charge in [0.15, 0.2) is 0 Å². The second-order valence-corrected chi connectivity index (χ2v) is 4.72. The fourth-order valence-corrected chi connectivity index (χ4v) is 2.18. The van der Waals surface area contributed by atoms with E-state index in [1.54, 1.807) is 21.3 Å². The molecule has 0 saturated carbocycles. The summed E-state index contributed by atoms with van der Waals surface area (Å²) in [5, 5.41) is 3.41. The molecule has 4 heteroatoms. The van der Waals surface area contributed by atoms with Crippen molar-refractivity contribution < 1.29 is 14.2 Å². The standard InChI is InChI=1S/C16H27NO3/c1-5-9-17-10-7-6-8-14-15(19-3)11-13(18-2)12-16(14)20-4/h11-12,17H,5-10H2,1-4H3. The van der Waals surface area contributed by atoms with E-state index in [4.69, 9.17) is 14.2 Å². The van der Waals surface area contributed by atoms with Gasteiger partial charge in [0.25, 0.3) is 0 Å². The van der Waals surface area contributed by atoms with Gasteiger partial charge in [-0.1, -0.05) is 6.92 Å². The average molecular weight is 281 g/mol. The van der Waals surface area contributed by atoms with Crippen LogP contribution in [0.4, 0.5) is 0 Å². The van der Waals surface area contributed by atoms with Crippen LogP contribution in [0, 0.1) is 0 Å². The number of ether oxygens (including phenoxy) is 3. The van der Waals surface area contributed by atoms with Crippen molar-refractivity contribution in [2.75, 3.05) is 34.4 Å². The normalized spacial score (nSPS) is 10.4. The number of nitrogens with one attached hydrogen (secondary N) is 1. The van der Waals surface area contributed by atoms with Crippen LogP contribution in [0.5, 0.6) is 17.2 Å². The SMILES string of the molecule is CCCNCCCCc1c(OC)cc(OC)cc1OC. The third-order valence-corrected chi connectivity index (χ3v) is 3.27. The highest BCUT2D eigenvalue weighted by molar-refractivity contribution is 5.50. The molecule has 0 bridgehead atoms. The highest BCUT2D eigenvalue weighted by Crippen LogP contribution is 2.34. The largest absolute Gasteiger partial charge is 0.496 e. The fourth-order valence-electron chi connectivity index (χ4n) is 2.18. The molecule has 114 valence electrons. The summed E-state index contributed by atoms with van der Waals surface area (Å²) < 4.78 is 16.2. The summed E-state index contributed by atoms with van der Waals surface area (Å²) in [5.41, 5.74) is 1.12. The maximum atomic E-state index is 5.45. The van der Waals surface area contributed by atoms with Gasteiger partial charge in [0.1, 0.15) is 17.2 Å². The van der Waals surface area contributed by atoms with Crippen molar-refractivity contribution in [3.8, 4) is 17.2 Å². The summed E-state index contributed by atoms with van der Waals surface area (Å²) in [6, 6.07) is 3.82. The quantitative estimate of drug-likeness (QED) is 0.669. The predicted molar refractivity (Wildman–Crippen MR) is 82.2 cm³/mol. The third kappa shape index (κ3) is 4.93. The number of unbranched alkanes of at least 4 members (excludes halogenated alkanes) is 1. The lowest BCUT2D eigenvalue weighted by Crippen LogP contribution is -2.15. The summed E-state index contributed by atoms with van der Waals surface area (Å²) >= 11 is 0. The summed E-state index contributed by atoms with van der Waals surface area (Å²) in [7, 11) is 5.01. The molecular formula is C16H27NO3. The van der Waals surface area contributed by atoms with E-state index in [0.717, 1.165) is 55.2 Å². The minimum Gasteiger partial charge on any atom is -0.496 e. The Kier molecular flexibility index (Phi) is 7.88. The van der Waals surface area contributed by atoms with Crippen LogP contribution in [-0.4, -0.2) is 34.4 Å². The molecule has 0 aliphatic heterocycles.